The Morgan fingerprint density at radius 2 is 1.69 bits per heavy atom. The summed E-state index contributed by atoms with van der Waals surface area (Å²) in [6, 6.07) is 15.2. The van der Waals surface area contributed by atoms with Crippen molar-refractivity contribution in [1.29, 1.82) is 0 Å². The summed E-state index contributed by atoms with van der Waals surface area (Å²) in [6.45, 7) is 7.82. The molecule has 0 aliphatic rings. The number of amides is 2. The molecule has 32 heavy (non-hydrogen) atoms. The summed E-state index contributed by atoms with van der Waals surface area (Å²) >= 11 is 0. The van der Waals surface area contributed by atoms with Crippen LogP contribution in [0.25, 0.3) is 0 Å². The van der Waals surface area contributed by atoms with Gasteiger partial charge in [-0.1, -0.05) is 31.2 Å². The molecule has 1 unspecified atom stereocenters. The molecule has 0 aromatic heterocycles. The van der Waals surface area contributed by atoms with E-state index in [1.807, 2.05) is 69.3 Å². The first-order chi connectivity index (χ1) is 15.3. The van der Waals surface area contributed by atoms with Crippen LogP contribution in [0.3, 0.4) is 0 Å². The maximum atomic E-state index is 12.4. The minimum atomic E-state index is -0.0635. The predicted octanol–water partition coefficient (Wildman–Crippen LogP) is 3.17. The average molecular weight is 438 g/mol. The van der Waals surface area contributed by atoms with Crippen molar-refractivity contribution in [2.75, 3.05) is 20.6 Å². The number of guanidine groups is 1. The van der Waals surface area contributed by atoms with Gasteiger partial charge in [-0.2, -0.15) is 0 Å². The topological polar surface area (TPSA) is 85.8 Å². The van der Waals surface area contributed by atoms with Crippen molar-refractivity contribution in [1.82, 2.24) is 20.9 Å². The summed E-state index contributed by atoms with van der Waals surface area (Å²) in [5.41, 5.74) is 3.32. The van der Waals surface area contributed by atoms with Gasteiger partial charge < -0.3 is 20.9 Å². The van der Waals surface area contributed by atoms with E-state index in [1.54, 1.807) is 19.0 Å². The maximum absolute atomic E-state index is 12.4. The van der Waals surface area contributed by atoms with Gasteiger partial charge in [0.25, 0.3) is 11.8 Å². The average Bonchev–Trinajstić information content (AvgIpc) is 2.80. The maximum Gasteiger partial charge on any atom is 0.253 e. The van der Waals surface area contributed by atoms with Crippen LogP contribution in [0, 0.1) is 0 Å². The highest BCUT2D eigenvalue weighted by molar-refractivity contribution is 5.94. The van der Waals surface area contributed by atoms with Crippen molar-refractivity contribution in [3.05, 3.63) is 70.8 Å². The summed E-state index contributed by atoms with van der Waals surface area (Å²) in [4.78, 5) is 30.6. The molecular formula is C25H35N5O2. The fourth-order valence-corrected chi connectivity index (χ4v) is 2.94. The number of aliphatic imine (C=N–C) groups is 1. The highest BCUT2D eigenvalue weighted by Gasteiger charge is 2.09. The van der Waals surface area contributed by atoms with Crippen LogP contribution >= 0.6 is 0 Å². The van der Waals surface area contributed by atoms with Gasteiger partial charge in [-0.25, -0.2) is 4.99 Å². The highest BCUT2D eigenvalue weighted by atomic mass is 16.2. The van der Waals surface area contributed by atoms with E-state index in [-0.39, 0.29) is 17.9 Å². The van der Waals surface area contributed by atoms with Gasteiger partial charge in [-0.15, -0.1) is 0 Å². The molecule has 2 aromatic carbocycles. The van der Waals surface area contributed by atoms with E-state index in [9.17, 15) is 9.59 Å². The van der Waals surface area contributed by atoms with Crippen LogP contribution in [-0.4, -0.2) is 49.4 Å². The molecule has 0 aliphatic heterocycles. The predicted molar refractivity (Wildman–Crippen MR) is 130 cm³/mol. The minimum Gasteiger partial charge on any atom is -0.357 e. The molecule has 3 N–H and O–H groups in total. The van der Waals surface area contributed by atoms with Crippen LogP contribution in [-0.2, 0) is 13.1 Å². The summed E-state index contributed by atoms with van der Waals surface area (Å²) < 4.78 is 0. The molecule has 0 radical (unpaired) electrons. The van der Waals surface area contributed by atoms with E-state index < -0.39 is 0 Å². The first-order valence-electron chi connectivity index (χ1n) is 11.1. The Balaban J connectivity index is 2.00. The van der Waals surface area contributed by atoms with Gasteiger partial charge in [0.1, 0.15) is 0 Å². The Morgan fingerprint density at radius 3 is 2.31 bits per heavy atom. The fourth-order valence-electron chi connectivity index (χ4n) is 2.94. The van der Waals surface area contributed by atoms with E-state index in [1.165, 1.54) is 0 Å². The van der Waals surface area contributed by atoms with Crippen LogP contribution in [0.1, 0.15) is 59.0 Å². The Bertz CT molecular complexity index is 922. The largest absolute Gasteiger partial charge is 0.357 e. The number of nitrogens with one attached hydrogen (secondary N) is 3. The Kier molecular flexibility index (Phi) is 9.73. The second-order valence-corrected chi connectivity index (χ2v) is 7.93. The standard InChI is InChI=1S/C25H35N5O2/c1-6-18(3)29-23(31)22-10-8-9-20(15-22)17-28-25(26-7-2)27-16-19-11-13-21(14-12-19)24(32)30(4)5/h8-15,18H,6-7,16-17H2,1-5H3,(H,29,31)(H2,26,27,28). The molecule has 1 atom stereocenters. The van der Waals surface area contributed by atoms with Gasteiger partial charge in [-0.05, 0) is 55.7 Å². The molecule has 7 heteroatoms. The molecule has 0 bridgehead atoms. The van der Waals surface area contributed by atoms with Crippen LogP contribution in [0.15, 0.2) is 53.5 Å². The van der Waals surface area contributed by atoms with Crippen molar-refractivity contribution in [3.63, 3.8) is 0 Å². The number of rotatable bonds is 9. The molecule has 172 valence electrons. The number of carbonyl (C=O) groups is 2. The SMILES string of the molecule is CCNC(=NCc1cccc(C(=O)NC(C)CC)c1)NCc1ccc(C(=O)N(C)C)cc1. The Hall–Kier alpha value is -3.35. The van der Waals surface area contributed by atoms with Crippen molar-refractivity contribution >= 4 is 17.8 Å². The lowest BCUT2D eigenvalue weighted by molar-refractivity contribution is 0.0827. The van der Waals surface area contributed by atoms with Crippen molar-refractivity contribution in [2.45, 2.75) is 46.3 Å². The zero-order valence-electron chi connectivity index (χ0n) is 19.7. The van der Waals surface area contributed by atoms with Gasteiger partial charge in [0.15, 0.2) is 5.96 Å². The number of hydrogen-bond acceptors (Lipinski definition) is 3. The first kappa shape index (κ1) is 24.9. The number of hydrogen-bond donors (Lipinski definition) is 3. The normalized spacial score (nSPS) is 12.1. The van der Waals surface area contributed by atoms with E-state index in [4.69, 9.17) is 0 Å². The van der Waals surface area contributed by atoms with E-state index in [0.717, 1.165) is 24.1 Å². The quantitative estimate of drug-likeness (QED) is 0.415. The molecule has 2 aromatic rings. The third-order valence-electron chi connectivity index (χ3n) is 5.01. The number of carbonyl (C=O) groups excluding carboxylic acids is 2. The summed E-state index contributed by atoms with van der Waals surface area (Å²) in [7, 11) is 3.48. The molecule has 0 spiro atoms. The molecular weight excluding hydrogens is 402 g/mol. The molecule has 0 heterocycles. The first-order valence-corrected chi connectivity index (χ1v) is 11.1. The lowest BCUT2D eigenvalue weighted by Gasteiger charge is -2.13. The van der Waals surface area contributed by atoms with E-state index in [2.05, 4.69) is 20.9 Å². The lowest BCUT2D eigenvalue weighted by Crippen LogP contribution is -2.36. The summed E-state index contributed by atoms with van der Waals surface area (Å²) in [5.74, 6) is 0.612. The van der Waals surface area contributed by atoms with Crippen molar-refractivity contribution < 1.29 is 9.59 Å². The third kappa shape index (κ3) is 7.72. The van der Waals surface area contributed by atoms with Gasteiger partial charge >= 0.3 is 0 Å². The van der Waals surface area contributed by atoms with E-state index in [0.29, 0.717) is 30.2 Å². The molecule has 0 saturated heterocycles. The van der Waals surface area contributed by atoms with Crippen molar-refractivity contribution in [2.24, 2.45) is 4.99 Å². The van der Waals surface area contributed by atoms with E-state index >= 15 is 0 Å². The van der Waals surface area contributed by atoms with Crippen molar-refractivity contribution in [3.8, 4) is 0 Å². The Morgan fingerprint density at radius 1 is 0.969 bits per heavy atom. The third-order valence-corrected chi connectivity index (χ3v) is 5.01. The molecule has 0 fully saturated rings. The second kappa shape index (κ2) is 12.5. The molecule has 2 amide bonds. The van der Waals surface area contributed by atoms with Gasteiger partial charge in [0, 0.05) is 44.4 Å². The zero-order chi connectivity index (χ0) is 23.5. The number of benzene rings is 2. The molecule has 7 nitrogen and oxygen atoms in total. The minimum absolute atomic E-state index is 0.0144. The number of nitrogens with zero attached hydrogens (tertiary/aromatic N) is 2. The lowest BCUT2D eigenvalue weighted by atomic mass is 10.1. The van der Waals surface area contributed by atoms with Crippen LogP contribution in [0.5, 0.6) is 0 Å². The summed E-state index contributed by atoms with van der Waals surface area (Å²) in [6.07, 6.45) is 0.891. The monoisotopic (exact) mass is 437 g/mol. The van der Waals surface area contributed by atoms with Crippen LogP contribution in [0.4, 0.5) is 0 Å². The van der Waals surface area contributed by atoms with Gasteiger partial charge in [-0.3, -0.25) is 9.59 Å². The van der Waals surface area contributed by atoms with Gasteiger partial charge in [0.05, 0.1) is 6.54 Å². The van der Waals surface area contributed by atoms with Crippen LogP contribution < -0.4 is 16.0 Å². The second-order valence-electron chi connectivity index (χ2n) is 7.93. The smallest absolute Gasteiger partial charge is 0.253 e. The molecule has 0 aliphatic carbocycles. The summed E-state index contributed by atoms with van der Waals surface area (Å²) in [5, 5.41) is 9.54. The van der Waals surface area contributed by atoms with Crippen LogP contribution in [0.2, 0.25) is 0 Å². The Labute approximate surface area is 191 Å². The van der Waals surface area contributed by atoms with Gasteiger partial charge in [0.2, 0.25) is 0 Å². The fraction of sp³-hybridized carbons (Fsp3) is 0.400. The zero-order valence-corrected chi connectivity index (χ0v) is 19.7. The molecule has 2 rings (SSSR count). The molecule has 0 saturated carbocycles. The highest BCUT2D eigenvalue weighted by Crippen LogP contribution is 2.09.